The standard InChI is InChI=1S/C23H27N2O2P/c1-24(17-18-10-6-4-7-11-18)28(26)22-15-14-20(27-3)16-21(22)23(25(28)2)19-12-8-5-9-13-19/h4-16,21-23H,17H2,1-3H3/t21-,22+,23-,28?/m0/s1. The average molecular weight is 394 g/mol. The lowest BCUT2D eigenvalue weighted by Gasteiger charge is -2.43. The fraction of sp³-hybridized carbons (Fsp3) is 0.304. The van der Waals surface area contributed by atoms with Crippen LogP contribution in [0.3, 0.4) is 0 Å². The second-order valence-electron chi connectivity index (χ2n) is 7.52. The Balaban J connectivity index is 1.73. The van der Waals surface area contributed by atoms with E-state index in [1.165, 1.54) is 11.1 Å². The largest absolute Gasteiger partial charge is 0.650 e. The molecule has 5 heteroatoms. The number of hydrogen-bond donors (Lipinski definition) is 0. The minimum absolute atomic E-state index is 0.0466. The van der Waals surface area contributed by atoms with Crippen LogP contribution < -0.4 is 4.89 Å². The van der Waals surface area contributed by atoms with Gasteiger partial charge in [0.15, 0.2) is 0 Å². The topological polar surface area (TPSA) is 38.8 Å². The van der Waals surface area contributed by atoms with E-state index in [0.717, 1.165) is 5.76 Å². The maximum absolute atomic E-state index is 14.5. The first-order chi connectivity index (χ1) is 13.6. The van der Waals surface area contributed by atoms with E-state index in [4.69, 9.17) is 4.74 Å². The van der Waals surface area contributed by atoms with E-state index < -0.39 is 7.79 Å². The third kappa shape index (κ3) is 3.21. The Bertz CT molecular complexity index is 871. The summed E-state index contributed by atoms with van der Waals surface area (Å²) >= 11 is 0. The molecule has 4 nitrogen and oxygen atoms in total. The van der Waals surface area contributed by atoms with E-state index >= 15 is 0 Å². The molecule has 4 atom stereocenters. The molecule has 0 aromatic heterocycles. The first-order valence-corrected chi connectivity index (χ1v) is 11.3. The molecule has 1 fully saturated rings. The molecule has 1 saturated heterocycles. The number of ether oxygens (including phenoxy) is 1. The molecular weight excluding hydrogens is 367 g/mol. The van der Waals surface area contributed by atoms with Gasteiger partial charge in [0.05, 0.1) is 19.7 Å². The van der Waals surface area contributed by atoms with Gasteiger partial charge in [-0.1, -0.05) is 60.7 Å². The fourth-order valence-electron chi connectivity index (χ4n) is 4.56. The summed E-state index contributed by atoms with van der Waals surface area (Å²) in [6, 6.07) is 20.7. The van der Waals surface area contributed by atoms with Gasteiger partial charge in [-0.05, 0) is 29.4 Å². The number of methoxy groups -OCH3 is 1. The highest BCUT2D eigenvalue weighted by Gasteiger charge is 2.60. The van der Waals surface area contributed by atoms with Crippen molar-refractivity contribution >= 4 is 7.79 Å². The van der Waals surface area contributed by atoms with Gasteiger partial charge in [0.2, 0.25) is 0 Å². The van der Waals surface area contributed by atoms with E-state index in [-0.39, 0.29) is 17.6 Å². The van der Waals surface area contributed by atoms with Crippen LogP contribution in [-0.2, 0) is 11.3 Å². The average Bonchev–Trinajstić information content (AvgIpc) is 2.97. The van der Waals surface area contributed by atoms with Gasteiger partial charge in [-0.3, -0.25) is 0 Å². The molecule has 0 amide bonds. The van der Waals surface area contributed by atoms with Crippen molar-refractivity contribution in [1.29, 1.82) is 0 Å². The van der Waals surface area contributed by atoms with E-state index in [0.29, 0.717) is 6.54 Å². The lowest BCUT2D eigenvalue weighted by atomic mass is 9.87. The predicted octanol–water partition coefficient (Wildman–Crippen LogP) is 4.01. The van der Waals surface area contributed by atoms with Crippen LogP contribution in [0.1, 0.15) is 17.2 Å². The molecule has 146 valence electrons. The van der Waals surface area contributed by atoms with Gasteiger partial charge in [0.25, 0.3) is 0 Å². The third-order valence-electron chi connectivity index (χ3n) is 5.94. The highest BCUT2D eigenvalue weighted by atomic mass is 31.2. The van der Waals surface area contributed by atoms with Crippen LogP contribution in [-0.4, -0.2) is 36.2 Å². The van der Waals surface area contributed by atoms with Crippen LogP contribution in [0, 0.1) is 5.92 Å². The molecule has 28 heavy (non-hydrogen) atoms. The van der Waals surface area contributed by atoms with Crippen LogP contribution in [0.25, 0.3) is 0 Å². The molecule has 0 spiro atoms. The SMILES string of the molecule is COC1=C[C@H]2[C@@H](C=C1)[P+]([O-])(N(C)Cc1ccccc1)N(C)[C@H]2c1ccccc1. The molecule has 1 heterocycles. The van der Waals surface area contributed by atoms with E-state index in [2.05, 4.69) is 57.9 Å². The molecule has 0 bridgehead atoms. The molecule has 2 aromatic rings. The highest BCUT2D eigenvalue weighted by Crippen LogP contribution is 2.73. The molecule has 0 N–H and O–H groups in total. The summed E-state index contributed by atoms with van der Waals surface area (Å²) in [5.41, 5.74) is 2.30. The van der Waals surface area contributed by atoms with Crippen molar-refractivity contribution < 1.29 is 9.63 Å². The molecule has 0 saturated carbocycles. The number of fused-ring (bicyclic) bond motifs is 1. The Morgan fingerprint density at radius 2 is 1.71 bits per heavy atom. The van der Waals surface area contributed by atoms with Crippen LogP contribution >= 0.6 is 7.79 Å². The normalized spacial score (nSPS) is 29.6. The maximum Gasteiger partial charge on any atom is 0.124 e. The summed E-state index contributed by atoms with van der Waals surface area (Å²) in [5.74, 6) is 0.950. The van der Waals surface area contributed by atoms with Crippen LogP contribution in [0.5, 0.6) is 0 Å². The van der Waals surface area contributed by atoms with Gasteiger partial charge in [-0.15, -0.1) is 0 Å². The van der Waals surface area contributed by atoms with Gasteiger partial charge < -0.3 is 9.63 Å². The Hall–Kier alpha value is -1.97. The van der Waals surface area contributed by atoms with Gasteiger partial charge in [0.1, 0.15) is 19.2 Å². The van der Waals surface area contributed by atoms with Crippen molar-refractivity contribution in [2.24, 2.45) is 5.92 Å². The van der Waals surface area contributed by atoms with Gasteiger partial charge in [-0.2, -0.15) is 9.34 Å². The summed E-state index contributed by atoms with van der Waals surface area (Å²) in [6.07, 6.45) is 6.20. The zero-order chi connectivity index (χ0) is 19.7. The minimum atomic E-state index is -2.83. The second-order valence-corrected chi connectivity index (χ2v) is 10.6. The Kier molecular flexibility index (Phi) is 5.39. The lowest BCUT2D eigenvalue weighted by Crippen LogP contribution is -2.39. The summed E-state index contributed by atoms with van der Waals surface area (Å²) in [7, 11) is 2.85. The Morgan fingerprint density at radius 3 is 2.36 bits per heavy atom. The van der Waals surface area contributed by atoms with Crippen molar-refractivity contribution in [2.45, 2.75) is 18.2 Å². The molecule has 2 aromatic carbocycles. The van der Waals surface area contributed by atoms with Crippen molar-refractivity contribution in [1.82, 2.24) is 9.34 Å². The van der Waals surface area contributed by atoms with E-state index in [1.807, 2.05) is 44.4 Å². The number of hydrogen-bond acceptors (Lipinski definition) is 4. The zero-order valence-electron chi connectivity index (χ0n) is 16.6. The minimum Gasteiger partial charge on any atom is -0.650 e. The summed E-state index contributed by atoms with van der Waals surface area (Å²) in [5, 5.41) is 0. The Labute approximate surface area is 168 Å². The Morgan fingerprint density at radius 1 is 1.07 bits per heavy atom. The highest BCUT2D eigenvalue weighted by molar-refractivity contribution is 7.65. The fourth-order valence-corrected chi connectivity index (χ4v) is 7.93. The van der Waals surface area contributed by atoms with Crippen LogP contribution in [0.15, 0.2) is 84.7 Å². The summed E-state index contributed by atoms with van der Waals surface area (Å²) in [4.78, 5) is 14.5. The first kappa shape index (κ1) is 19.4. The predicted molar refractivity (Wildman–Crippen MR) is 113 cm³/mol. The van der Waals surface area contributed by atoms with Gasteiger partial charge >= 0.3 is 0 Å². The first-order valence-electron chi connectivity index (χ1n) is 9.63. The molecule has 0 radical (unpaired) electrons. The van der Waals surface area contributed by atoms with Crippen LogP contribution in [0.4, 0.5) is 0 Å². The molecular formula is C23H27N2O2P. The smallest absolute Gasteiger partial charge is 0.124 e. The van der Waals surface area contributed by atoms with Crippen molar-refractivity contribution in [3.63, 3.8) is 0 Å². The van der Waals surface area contributed by atoms with Crippen molar-refractivity contribution in [2.75, 3.05) is 21.2 Å². The van der Waals surface area contributed by atoms with Crippen LogP contribution in [0.2, 0.25) is 0 Å². The zero-order valence-corrected chi connectivity index (χ0v) is 17.5. The quantitative estimate of drug-likeness (QED) is 0.719. The molecule has 4 rings (SSSR count). The maximum atomic E-state index is 14.5. The number of benzene rings is 2. The second kappa shape index (κ2) is 7.81. The number of rotatable bonds is 5. The lowest BCUT2D eigenvalue weighted by molar-refractivity contribution is -0.193. The summed E-state index contributed by atoms with van der Waals surface area (Å²) < 4.78 is 9.66. The molecule has 1 aliphatic carbocycles. The number of allylic oxidation sites excluding steroid dienone is 2. The van der Waals surface area contributed by atoms with E-state index in [9.17, 15) is 4.89 Å². The number of nitrogens with zero attached hydrogens (tertiary/aromatic N) is 2. The summed E-state index contributed by atoms with van der Waals surface area (Å²) in [6.45, 7) is 0.655. The third-order valence-corrected chi connectivity index (χ3v) is 9.50. The molecule has 1 aliphatic heterocycles. The molecule has 1 unspecified atom stereocenters. The van der Waals surface area contributed by atoms with Crippen molar-refractivity contribution in [3.8, 4) is 0 Å². The van der Waals surface area contributed by atoms with E-state index in [1.54, 1.807) is 7.11 Å². The van der Waals surface area contributed by atoms with Gasteiger partial charge in [0, 0.05) is 20.0 Å². The van der Waals surface area contributed by atoms with Gasteiger partial charge in [-0.25, -0.2) is 0 Å². The molecule has 2 aliphatic rings. The monoisotopic (exact) mass is 394 g/mol. The van der Waals surface area contributed by atoms with Crippen molar-refractivity contribution in [3.05, 3.63) is 95.8 Å².